The maximum Gasteiger partial charge on any atom is 0.211 e. The summed E-state index contributed by atoms with van der Waals surface area (Å²) in [6, 6.07) is 3.45. The summed E-state index contributed by atoms with van der Waals surface area (Å²) in [7, 11) is 2.82. The number of rotatable bonds is 2. The summed E-state index contributed by atoms with van der Waals surface area (Å²) in [5.41, 5.74) is 1.07. The Morgan fingerprint density at radius 2 is 2.06 bits per heavy atom. The molecule has 1 heterocycles. The van der Waals surface area contributed by atoms with E-state index in [9.17, 15) is 9.90 Å². The van der Waals surface area contributed by atoms with Gasteiger partial charge >= 0.3 is 0 Å². The first-order chi connectivity index (χ1) is 7.82. The standard InChI is InChI=1S/C9H11NO.C3H7NO2.BrH/c1-8(2)6-10-5-3-4-9(11)7-10;1-4(2)3(5)6;/h3-5,7H,1,6H2,2H3;1-2H3,(H,5,6);1H. The minimum atomic E-state index is -1.16. The number of carboxylic acid groups (broad SMARTS) is 1. The van der Waals surface area contributed by atoms with Crippen LogP contribution in [-0.4, -0.2) is 30.2 Å². The molecule has 1 N–H and O–H groups in total. The van der Waals surface area contributed by atoms with Crippen molar-refractivity contribution in [1.29, 1.82) is 0 Å². The van der Waals surface area contributed by atoms with Gasteiger partial charge in [0.05, 0.1) is 0 Å². The van der Waals surface area contributed by atoms with E-state index in [4.69, 9.17) is 5.11 Å². The highest BCUT2D eigenvalue weighted by molar-refractivity contribution is 8.93. The van der Waals surface area contributed by atoms with E-state index in [0.29, 0.717) is 0 Å². The Hall–Kier alpha value is -1.56. The van der Waals surface area contributed by atoms with E-state index >= 15 is 0 Å². The van der Waals surface area contributed by atoms with Crippen LogP contribution in [0.2, 0.25) is 0 Å². The van der Waals surface area contributed by atoms with E-state index in [-0.39, 0.29) is 22.7 Å². The quantitative estimate of drug-likeness (QED) is 0.645. The summed E-state index contributed by atoms with van der Waals surface area (Å²) < 4.78 is 1.89. The maximum atomic E-state index is 9.51. The molecule has 0 fully saturated rings. The maximum absolute atomic E-state index is 9.51. The van der Waals surface area contributed by atoms with Gasteiger partial charge in [-0.25, -0.2) is 0 Å². The Kier molecular flexibility index (Phi) is 9.89. The molecule has 0 spiro atoms. The Morgan fingerprint density at radius 3 is 2.39 bits per heavy atom. The average Bonchev–Trinajstić information content (AvgIpc) is 2.17. The lowest BCUT2D eigenvalue weighted by Crippen LogP contribution is -2.35. The van der Waals surface area contributed by atoms with Gasteiger partial charge in [0.25, 0.3) is 0 Å². The summed E-state index contributed by atoms with van der Waals surface area (Å²) in [6.07, 6.45) is 2.42. The Morgan fingerprint density at radius 1 is 1.56 bits per heavy atom. The zero-order chi connectivity index (χ0) is 13.4. The van der Waals surface area contributed by atoms with Crippen molar-refractivity contribution in [2.75, 3.05) is 14.1 Å². The summed E-state index contributed by atoms with van der Waals surface area (Å²) in [5, 5.41) is 18.6. The highest BCUT2D eigenvalue weighted by atomic mass is 79.9. The van der Waals surface area contributed by atoms with Gasteiger partial charge in [0.15, 0.2) is 18.5 Å². The number of hydrogen-bond donors (Lipinski definition) is 1. The molecule has 1 amide bonds. The topological polar surface area (TPSA) is 67.5 Å². The van der Waals surface area contributed by atoms with E-state index in [1.165, 1.54) is 14.1 Å². The van der Waals surface area contributed by atoms with E-state index < -0.39 is 6.09 Å². The van der Waals surface area contributed by atoms with Crippen molar-refractivity contribution in [2.24, 2.45) is 0 Å². The zero-order valence-corrected chi connectivity index (χ0v) is 12.5. The number of halogens is 1. The number of carbonyl (C=O) groups excluding carboxylic acids is 1. The SMILES string of the molecule is Br.C=C(C)C[n+]1cccc(O)c1.CN(C)C(=O)[O-]. The van der Waals surface area contributed by atoms with Gasteiger partial charge < -0.3 is 19.9 Å². The molecule has 0 unspecified atom stereocenters. The Balaban J connectivity index is 0. The average molecular weight is 319 g/mol. The van der Waals surface area contributed by atoms with Gasteiger partial charge in [0.1, 0.15) is 6.09 Å². The monoisotopic (exact) mass is 318 g/mol. The molecule has 0 bridgehead atoms. The minimum absolute atomic E-state index is 0. The van der Waals surface area contributed by atoms with Crippen LogP contribution >= 0.6 is 17.0 Å². The fraction of sp³-hybridized carbons (Fsp3) is 0.333. The van der Waals surface area contributed by atoms with Gasteiger partial charge in [0.2, 0.25) is 6.20 Å². The molecule has 0 aliphatic rings. The third-order valence-corrected chi connectivity index (χ3v) is 1.66. The fourth-order valence-electron chi connectivity index (χ4n) is 0.918. The molecule has 0 aliphatic carbocycles. The van der Waals surface area contributed by atoms with Gasteiger partial charge in [-0.1, -0.05) is 6.58 Å². The molecule has 0 radical (unpaired) electrons. The van der Waals surface area contributed by atoms with Crippen molar-refractivity contribution in [1.82, 2.24) is 4.90 Å². The first-order valence-electron chi connectivity index (χ1n) is 5.03. The van der Waals surface area contributed by atoms with Crippen molar-refractivity contribution in [3.05, 3.63) is 36.7 Å². The summed E-state index contributed by atoms with van der Waals surface area (Å²) >= 11 is 0. The summed E-state index contributed by atoms with van der Waals surface area (Å²) in [6.45, 7) is 6.49. The second-order valence-corrected chi connectivity index (χ2v) is 3.85. The Bertz CT molecular complexity index is 395. The summed E-state index contributed by atoms with van der Waals surface area (Å²) in [4.78, 5) is 10.5. The number of hydrogen-bond acceptors (Lipinski definition) is 3. The number of carbonyl (C=O) groups is 1. The molecule has 0 saturated heterocycles. The lowest BCUT2D eigenvalue weighted by atomic mass is 10.3. The van der Waals surface area contributed by atoms with Gasteiger partial charge in [-0.05, 0) is 18.6 Å². The van der Waals surface area contributed by atoms with Crippen LogP contribution in [0.25, 0.3) is 0 Å². The third-order valence-electron chi connectivity index (χ3n) is 1.66. The lowest BCUT2D eigenvalue weighted by molar-refractivity contribution is -0.689. The smallest absolute Gasteiger partial charge is 0.211 e. The second kappa shape index (κ2) is 9.47. The predicted octanol–water partition coefficient (Wildman–Crippen LogP) is 0.725. The van der Waals surface area contributed by atoms with E-state index in [0.717, 1.165) is 17.0 Å². The highest BCUT2D eigenvalue weighted by Crippen LogP contribution is 2.00. The molecule has 102 valence electrons. The number of nitrogens with zero attached hydrogens (tertiary/aromatic N) is 2. The van der Waals surface area contributed by atoms with E-state index in [1.54, 1.807) is 18.3 Å². The molecule has 18 heavy (non-hydrogen) atoms. The molecule has 1 aromatic heterocycles. The zero-order valence-electron chi connectivity index (χ0n) is 10.8. The second-order valence-electron chi connectivity index (χ2n) is 3.85. The normalized spacial score (nSPS) is 8.39. The van der Waals surface area contributed by atoms with Crippen molar-refractivity contribution in [3.8, 4) is 5.75 Å². The molecule has 0 saturated carbocycles. The van der Waals surface area contributed by atoms with Crippen molar-refractivity contribution < 1.29 is 19.6 Å². The summed E-state index contributed by atoms with van der Waals surface area (Å²) in [5.74, 6) is 0.286. The minimum Gasteiger partial charge on any atom is -0.530 e. The van der Waals surface area contributed by atoms with Crippen LogP contribution < -0.4 is 9.67 Å². The van der Waals surface area contributed by atoms with Crippen molar-refractivity contribution >= 4 is 23.1 Å². The number of allylic oxidation sites excluding steroid dienone is 1. The first-order valence-corrected chi connectivity index (χ1v) is 5.03. The highest BCUT2D eigenvalue weighted by Gasteiger charge is 1.99. The number of aromatic nitrogens is 1. The number of amides is 1. The van der Waals surface area contributed by atoms with Crippen LogP contribution in [0.15, 0.2) is 36.7 Å². The molecular weight excluding hydrogens is 300 g/mol. The van der Waals surface area contributed by atoms with E-state index in [1.807, 2.05) is 17.7 Å². The molecule has 0 aliphatic heterocycles. The van der Waals surface area contributed by atoms with Gasteiger partial charge in [0, 0.05) is 20.2 Å². The van der Waals surface area contributed by atoms with Crippen LogP contribution in [-0.2, 0) is 6.54 Å². The Labute approximate surface area is 118 Å². The van der Waals surface area contributed by atoms with Crippen molar-refractivity contribution in [3.63, 3.8) is 0 Å². The molecule has 0 aromatic carbocycles. The fourth-order valence-corrected chi connectivity index (χ4v) is 0.918. The molecule has 1 aromatic rings. The van der Waals surface area contributed by atoms with Gasteiger partial charge in [-0.3, -0.25) is 0 Å². The van der Waals surface area contributed by atoms with Gasteiger partial charge in [-0.2, -0.15) is 4.57 Å². The lowest BCUT2D eigenvalue weighted by Gasteiger charge is -2.10. The molecule has 1 rings (SSSR count). The molecule has 5 nitrogen and oxygen atoms in total. The first kappa shape index (κ1) is 18.8. The number of pyridine rings is 1. The largest absolute Gasteiger partial charge is 0.530 e. The van der Waals surface area contributed by atoms with Gasteiger partial charge in [-0.15, -0.1) is 17.0 Å². The van der Waals surface area contributed by atoms with Crippen LogP contribution in [0.4, 0.5) is 4.79 Å². The van der Waals surface area contributed by atoms with Crippen LogP contribution in [0.1, 0.15) is 6.92 Å². The van der Waals surface area contributed by atoms with Crippen LogP contribution in [0, 0.1) is 0 Å². The molecular formula is C12H19BrN2O3. The van der Waals surface area contributed by atoms with Crippen LogP contribution in [0.3, 0.4) is 0 Å². The third kappa shape index (κ3) is 9.65. The van der Waals surface area contributed by atoms with Crippen molar-refractivity contribution in [2.45, 2.75) is 13.5 Å². The molecule has 0 atom stereocenters. The molecule has 6 heteroatoms. The van der Waals surface area contributed by atoms with E-state index in [2.05, 4.69) is 6.58 Å². The number of aromatic hydroxyl groups is 1. The predicted molar refractivity (Wildman–Crippen MR) is 72.5 cm³/mol. The van der Waals surface area contributed by atoms with Crippen LogP contribution in [0.5, 0.6) is 5.75 Å².